The second-order valence-corrected chi connectivity index (χ2v) is 6.05. The van der Waals surface area contributed by atoms with Gasteiger partial charge in [-0.3, -0.25) is 0 Å². The minimum atomic E-state index is -0.504. The molecular weight excluding hydrogens is 268 g/mol. The molecule has 1 aromatic carbocycles. The lowest BCUT2D eigenvalue weighted by molar-refractivity contribution is 0.227. The molecule has 3 heteroatoms. The SMILES string of the molecule is CCCCC(CC)(CNCCC)Cc1ccc(F)cc1F. The summed E-state index contributed by atoms with van der Waals surface area (Å²) in [5, 5.41) is 3.49. The third-order valence-electron chi connectivity index (χ3n) is 4.32. The van der Waals surface area contributed by atoms with E-state index in [1.54, 1.807) is 6.07 Å². The van der Waals surface area contributed by atoms with Crippen LogP contribution in [0.4, 0.5) is 8.78 Å². The maximum absolute atomic E-state index is 14.0. The zero-order valence-electron chi connectivity index (χ0n) is 13.6. The summed E-state index contributed by atoms with van der Waals surface area (Å²) in [6, 6.07) is 3.95. The maximum Gasteiger partial charge on any atom is 0.129 e. The minimum absolute atomic E-state index is 0.0594. The van der Waals surface area contributed by atoms with Crippen molar-refractivity contribution in [3.8, 4) is 0 Å². The average Bonchev–Trinajstić information content (AvgIpc) is 2.47. The fraction of sp³-hybridized carbons (Fsp3) is 0.667. The first kappa shape index (κ1) is 18.1. The van der Waals surface area contributed by atoms with E-state index in [2.05, 4.69) is 26.1 Å². The highest BCUT2D eigenvalue weighted by atomic mass is 19.1. The molecule has 0 fully saturated rings. The largest absolute Gasteiger partial charge is 0.316 e. The Kier molecular flexibility index (Phi) is 7.87. The van der Waals surface area contributed by atoms with Crippen molar-refractivity contribution in [1.29, 1.82) is 0 Å². The normalized spacial score (nSPS) is 14.1. The van der Waals surface area contributed by atoms with E-state index in [1.165, 1.54) is 6.07 Å². The zero-order chi connectivity index (χ0) is 15.7. The standard InChI is InChI=1S/C18H29F2N/c1-4-7-10-18(6-3,14-21-11-5-2)13-15-8-9-16(19)12-17(15)20/h8-9,12,21H,4-7,10-11,13-14H2,1-3H3. The lowest BCUT2D eigenvalue weighted by Gasteiger charge is -2.34. The van der Waals surface area contributed by atoms with Crippen LogP contribution in [0.5, 0.6) is 0 Å². The van der Waals surface area contributed by atoms with Gasteiger partial charge in [0.15, 0.2) is 0 Å². The molecule has 0 spiro atoms. The van der Waals surface area contributed by atoms with Crippen molar-refractivity contribution in [2.24, 2.45) is 5.41 Å². The summed E-state index contributed by atoms with van der Waals surface area (Å²) in [7, 11) is 0. The Bertz CT molecular complexity index is 420. The van der Waals surface area contributed by atoms with Gasteiger partial charge in [0.25, 0.3) is 0 Å². The van der Waals surface area contributed by atoms with Gasteiger partial charge in [0.1, 0.15) is 11.6 Å². The predicted octanol–water partition coefficient (Wildman–Crippen LogP) is 5.09. The van der Waals surface area contributed by atoms with Crippen molar-refractivity contribution in [2.45, 2.75) is 59.3 Å². The van der Waals surface area contributed by atoms with Gasteiger partial charge in [0.05, 0.1) is 0 Å². The second-order valence-electron chi connectivity index (χ2n) is 6.05. The summed E-state index contributed by atoms with van der Waals surface area (Å²) in [4.78, 5) is 0. The number of rotatable bonds is 10. The van der Waals surface area contributed by atoms with Crippen molar-refractivity contribution in [3.05, 3.63) is 35.4 Å². The number of hydrogen-bond donors (Lipinski definition) is 1. The lowest BCUT2D eigenvalue weighted by atomic mass is 9.75. The molecule has 0 saturated heterocycles. The Morgan fingerprint density at radius 2 is 1.86 bits per heavy atom. The molecule has 0 aliphatic rings. The van der Waals surface area contributed by atoms with Gasteiger partial charge in [-0.25, -0.2) is 8.78 Å². The molecule has 1 rings (SSSR count). The van der Waals surface area contributed by atoms with E-state index in [9.17, 15) is 8.78 Å². The van der Waals surface area contributed by atoms with Crippen molar-refractivity contribution in [1.82, 2.24) is 5.32 Å². The van der Waals surface area contributed by atoms with Crippen LogP contribution in [-0.2, 0) is 6.42 Å². The van der Waals surface area contributed by atoms with Crippen LogP contribution in [0.1, 0.15) is 58.4 Å². The molecule has 120 valence electrons. The first-order chi connectivity index (χ1) is 10.1. The third kappa shape index (κ3) is 5.74. The summed E-state index contributed by atoms with van der Waals surface area (Å²) in [5.74, 6) is -0.921. The van der Waals surface area contributed by atoms with Crippen LogP contribution in [-0.4, -0.2) is 13.1 Å². The molecule has 0 aromatic heterocycles. The Labute approximate surface area is 128 Å². The van der Waals surface area contributed by atoms with Crippen molar-refractivity contribution in [2.75, 3.05) is 13.1 Å². The molecule has 1 aromatic rings. The highest BCUT2D eigenvalue weighted by Gasteiger charge is 2.28. The predicted molar refractivity (Wildman–Crippen MR) is 85.5 cm³/mol. The average molecular weight is 297 g/mol. The molecule has 0 aliphatic carbocycles. The molecule has 0 radical (unpaired) electrons. The molecule has 0 saturated carbocycles. The highest BCUT2D eigenvalue weighted by Crippen LogP contribution is 2.33. The van der Waals surface area contributed by atoms with Crippen LogP contribution in [0.3, 0.4) is 0 Å². The minimum Gasteiger partial charge on any atom is -0.316 e. The van der Waals surface area contributed by atoms with Crippen molar-refractivity contribution in [3.63, 3.8) is 0 Å². The molecule has 1 nitrogen and oxygen atoms in total. The molecule has 0 bridgehead atoms. The molecule has 1 unspecified atom stereocenters. The van der Waals surface area contributed by atoms with Gasteiger partial charge < -0.3 is 5.32 Å². The van der Waals surface area contributed by atoms with Crippen molar-refractivity contribution >= 4 is 0 Å². The van der Waals surface area contributed by atoms with Crippen LogP contribution >= 0.6 is 0 Å². The zero-order valence-corrected chi connectivity index (χ0v) is 13.6. The van der Waals surface area contributed by atoms with Crippen molar-refractivity contribution < 1.29 is 8.78 Å². The molecule has 1 atom stereocenters. The second kappa shape index (κ2) is 9.14. The summed E-state index contributed by atoms with van der Waals surface area (Å²) < 4.78 is 27.0. The van der Waals surface area contributed by atoms with Crippen LogP contribution in [0, 0.1) is 17.0 Å². The van der Waals surface area contributed by atoms with E-state index in [1.807, 2.05) is 0 Å². The molecule has 1 N–H and O–H groups in total. The Morgan fingerprint density at radius 3 is 2.43 bits per heavy atom. The van der Waals surface area contributed by atoms with Gasteiger partial charge >= 0.3 is 0 Å². The monoisotopic (exact) mass is 297 g/mol. The summed E-state index contributed by atoms with van der Waals surface area (Å²) in [6.07, 6.45) is 6.13. The van der Waals surface area contributed by atoms with Gasteiger partial charge in [-0.15, -0.1) is 0 Å². The van der Waals surface area contributed by atoms with E-state index in [4.69, 9.17) is 0 Å². The van der Waals surface area contributed by atoms with Gasteiger partial charge in [-0.05, 0) is 49.3 Å². The quantitative estimate of drug-likeness (QED) is 0.593. The van der Waals surface area contributed by atoms with Crippen LogP contribution in [0.15, 0.2) is 18.2 Å². The maximum atomic E-state index is 14.0. The Balaban J connectivity index is 2.87. The Hall–Kier alpha value is -0.960. The van der Waals surface area contributed by atoms with E-state index in [-0.39, 0.29) is 5.41 Å². The molecule has 0 heterocycles. The number of nitrogens with one attached hydrogen (secondary N) is 1. The number of benzene rings is 1. The van der Waals surface area contributed by atoms with Gasteiger partial charge in [-0.1, -0.05) is 39.7 Å². The van der Waals surface area contributed by atoms with E-state index in [0.29, 0.717) is 12.0 Å². The molecular formula is C18H29F2N. The first-order valence-electron chi connectivity index (χ1n) is 8.21. The van der Waals surface area contributed by atoms with E-state index >= 15 is 0 Å². The van der Waals surface area contributed by atoms with E-state index in [0.717, 1.165) is 51.3 Å². The summed E-state index contributed by atoms with van der Waals surface area (Å²) in [5.41, 5.74) is 0.691. The van der Waals surface area contributed by atoms with Gasteiger partial charge in [0, 0.05) is 12.6 Å². The molecule has 21 heavy (non-hydrogen) atoms. The van der Waals surface area contributed by atoms with E-state index < -0.39 is 11.6 Å². The number of hydrogen-bond acceptors (Lipinski definition) is 1. The third-order valence-corrected chi connectivity index (χ3v) is 4.32. The number of unbranched alkanes of at least 4 members (excludes halogenated alkanes) is 1. The van der Waals surface area contributed by atoms with Crippen LogP contribution < -0.4 is 5.32 Å². The summed E-state index contributed by atoms with van der Waals surface area (Å²) >= 11 is 0. The Morgan fingerprint density at radius 1 is 1.10 bits per heavy atom. The lowest BCUT2D eigenvalue weighted by Crippen LogP contribution is -2.36. The topological polar surface area (TPSA) is 12.0 Å². The first-order valence-corrected chi connectivity index (χ1v) is 8.21. The fourth-order valence-electron chi connectivity index (χ4n) is 2.82. The molecule has 0 aliphatic heterocycles. The smallest absolute Gasteiger partial charge is 0.129 e. The number of halogens is 2. The van der Waals surface area contributed by atoms with Gasteiger partial charge in [-0.2, -0.15) is 0 Å². The van der Waals surface area contributed by atoms with Gasteiger partial charge in [0.2, 0.25) is 0 Å². The highest BCUT2D eigenvalue weighted by molar-refractivity contribution is 5.20. The summed E-state index contributed by atoms with van der Waals surface area (Å²) in [6.45, 7) is 8.38. The molecule has 0 amide bonds. The fourth-order valence-corrected chi connectivity index (χ4v) is 2.82. The van der Waals surface area contributed by atoms with Crippen LogP contribution in [0.2, 0.25) is 0 Å². The van der Waals surface area contributed by atoms with Crippen LogP contribution in [0.25, 0.3) is 0 Å².